The fourth-order valence-corrected chi connectivity index (χ4v) is 0.844. The minimum Gasteiger partial charge on any atom is -0.543 e. The fourth-order valence-electron chi connectivity index (χ4n) is 0.585. The maximum Gasteiger partial charge on any atom is 1.00 e. The first-order chi connectivity index (χ1) is 5.11. The predicted octanol–water partition coefficient (Wildman–Crippen LogP) is -3.19. The van der Waals surface area contributed by atoms with Gasteiger partial charge in [0.15, 0.2) is 5.15 Å². The van der Waals surface area contributed by atoms with Gasteiger partial charge in [-0.25, -0.2) is 9.97 Å². The number of hydrogen-bond donors (Lipinski definition) is 0. The number of hydrogen-bond acceptors (Lipinski definition) is 4. The average Bonchev–Trinajstić information content (AvgIpc) is 1.85. The topological polar surface area (TPSA) is 65.9 Å². The van der Waals surface area contributed by atoms with Crippen LogP contribution in [0.4, 0.5) is 0 Å². The smallest absolute Gasteiger partial charge is 0.543 e. The molecule has 12 heavy (non-hydrogen) atoms. The van der Waals surface area contributed by atoms with Crippen LogP contribution in [0.25, 0.3) is 0 Å². The zero-order valence-corrected chi connectivity index (χ0v) is 7.42. The summed E-state index contributed by atoms with van der Waals surface area (Å²) >= 11 is 5.43. The third-order valence-corrected chi connectivity index (χ3v) is 1.31. The van der Waals surface area contributed by atoms with Crippen molar-refractivity contribution in [3.63, 3.8) is 0 Å². The summed E-state index contributed by atoms with van der Waals surface area (Å²) in [6.07, 6.45) is 1.32. The van der Waals surface area contributed by atoms with E-state index >= 15 is 0 Å². The molecule has 0 amide bonds. The largest absolute Gasteiger partial charge is 1.00 e. The molecule has 0 aliphatic rings. The normalized spacial score (nSPS) is 8.83. The van der Waals surface area contributed by atoms with Crippen molar-refractivity contribution in [1.82, 2.24) is 9.97 Å². The molecule has 0 saturated carbocycles. The monoisotopic (exact) mass is 178 g/mol. The molecule has 6 heteroatoms. The van der Waals surface area contributed by atoms with Crippen LogP contribution in [0.2, 0.25) is 5.15 Å². The molecule has 1 heterocycles. The Labute approximate surface area is 86.2 Å². The van der Waals surface area contributed by atoms with E-state index < -0.39 is 5.97 Å². The second-order valence-electron chi connectivity index (χ2n) is 1.94. The molecule has 0 atom stereocenters. The molecule has 1 rings (SSSR count). The summed E-state index contributed by atoms with van der Waals surface area (Å²) < 4.78 is 0. The Hall–Kier alpha value is -0.563. The van der Waals surface area contributed by atoms with Crippen molar-refractivity contribution in [2.24, 2.45) is 0 Å². The van der Waals surface area contributed by atoms with Crippen LogP contribution in [0.3, 0.4) is 0 Å². The van der Waals surface area contributed by atoms with E-state index in [-0.39, 0.29) is 29.7 Å². The predicted molar refractivity (Wildman–Crippen MR) is 36.1 cm³/mol. The number of carboxylic acids is 1. The van der Waals surface area contributed by atoms with Crippen LogP contribution < -0.4 is 24.0 Å². The molecule has 0 saturated heterocycles. The zero-order chi connectivity index (χ0) is 8.43. The van der Waals surface area contributed by atoms with Crippen molar-refractivity contribution in [2.45, 2.75) is 6.92 Å². The number of aromatic carboxylic acids is 1. The Morgan fingerprint density at radius 1 is 1.67 bits per heavy atom. The van der Waals surface area contributed by atoms with Gasteiger partial charge in [-0.2, -0.15) is 0 Å². The number of aromatic nitrogens is 2. The molecule has 0 spiro atoms. The molecule has 1 aromatic heterocycles. The third kappa shape index (κ3) is 2.49. The van der Waals surface area contributed by atoms with Crippen molar-refractivity contribution < 1.29 is 28.8 Å². The van der Waals surface area contributed by atoms with Gasteiger partial charge in [-0.15, -0.1) is 0 Å². The van der Waals surface area contributed by atoms with Gasteiger partial charge in [0.1, 0.15) is 5.69 Å². The average molecular weight is 179 g/mol. The van der Waals surface area contributed by atoms with Gasteiger partial charge < -0.3 is 9.90 Å². The third-order valence-electron chi connectivity index (χ3n) is 1.04. The van der Waals surface area contributed by atoms with Gasteiger partial charge in [0, 0.05) is 6.20 Å². The molecular weight excluding hydrogens is 174 g/mol. The van der Waals surface area contributed by atoms with Crippen LogP contribution in [0.1, 0.15) is 16.2 Å². The van der Waals surface area contributed by atoms with E-state index in [1.54, 1.807) is 6.92 Å². The molecule has 0 bridgehead atoms. The van der Waals surface area contributed by atoms with Crippen molar-refractivity contribution in [3.05, 3.63) is 22.7 Å². The summed E-state index contributed by atoms with van der Waals surface area (Å²) in [5, 5.41) is 10.1. The molecule has 0 fully saturated rings. The standard InChI is InChI=1S/C6H5ClN2O2.Li/c1-3-2-8-4(6(10)11)5(7)9-3;/h2H,1H3,(H,10,11);/q;+1/p-1. The van der Waals surface area contributed by atoms with Crippen molar-refractivity contribution >= 4 is 17.6 Å². The van der Waals surface area contributed by atoms with Gasteiger partial charge in [0.05, 0.1) is 11.7 Å². The van der Waals surface area contributed by atoms with E-state index in [9.17, 15) is 9.90 Å². The molecule has 0 unspecified atom stereocenters. The summed E-state index contributed by atoms with van der Waals surface area (Å²) in [6.45, 7) is 1.66. The van der Waals surface area contributed by atoms with E-state index in [1.165, 1.54) is 6.20 Å². The van der Waals surface area contributed by atoms with Crippen molar-refractivity contribution in [3.8, 4) is 0 Å². The number of rotatable bonds is 1. The zero-order valence-electron chi connectivity index (χ0n) is 6.67. The van der Waals surface area contributed by atoms with Crippen LogP contribution in [0.15, 0.2) is 6.20 Å². The molecule has 4 nitrogen and oxygen atoms in total. The first-order valence-corrected chi connectivity index (χ1v) is 3.19. The first kappa shape index (κ1) is 11.4. The molecule has 1 aromatic rings. The van der Waals surface area contributed by atoms with E-state index in [2.05, 4.69) is 9.97 Å². The summed E-state index contributed by atoms with van der Waals surface area (Å²) in [4.78, 5) is 17.4. The molecule has 0 aromatic carbocycles. The summed E-state index contributed by atoms with van der Waals surface area (Å²) in [5.41, 5.74) is 0.247. The fraction of sp³-hybridized carbons (Fsp3) is 0.167. The maximum absolute atomic E-state index is 10.2. The Bertz CT molecular complexity index is 306. The Morgan fingerprint density at radius 3 is 2.67 bits per heavy atom. The second-order valence-corrected chi connectivity index (χ2v) is 2.30. The molecule has 0 radical (unpaired) electrons. The van der Waals surface area contributed by atoms with E-state index in [0.29, 0.717) is 5.69 Å². The number of halogens is 1. The van der Waals surface area contributed by atoms with Crippen molar-refractivity contribution in [2.75, 3.05) is 0 Å². The van der Waals surface area contributed by atoms with E-state index in [1.807, 2.05) is 0 Å². The Morgan fingerprint density at radius 2 is 2.25 bits per heavy atom. The number of aryl methyl sites for hydroxylation is 1. The summed E-state index contributed by atoms with van der Waals surface area (Å²) in [6, 6.07) is 0. The molecule has 0 aliphatic carbocycles. The molecule has 58 valence electrons. The van der Waals surface area contributed by atoms with Gasteiger partial charge in [0.25, 0.3) is 0 Å². The SMILES string of the molecule is Cc1cnc(C(=O)[O-])c(Cl)n1.[Li+]. The molecule has 0 N–H and O–H groups in total. The molecular formula is C6H4ClLiN2O2. The van der Waals surface area contributed by atoms with Crippen molar-refractivity contribution in [1.29, 1.82) is 0 Å². The van der Waals surface area contributed by atoms with Crippen LogP contribution in [-0.2, 0) is 0 Å². The van der Waals surface area contributed by atoms with Crippen LogP contribution in [0.5, 0.6) is 0 Å². The quantitative estimate of drug-likeness (QED) is 0.425. The van der Waals surface area contributed by atoms with Gasteiger partial charge in [0.2, 0.25) is 0 Å². The molecule has 0 aliphatic heterocycles. The number of nitrogens with zero attached hydrogens (tertiary/aromatic N) is 2. The second kappa shape index (κ2) is 4.46. The van der Waals surface area contributed by atoms with Gasteiger partial charge in [-0.05, 0) is 6.92 Å². The van der Waals surface area contributed by atoms with E-state index in [4.69, 9.17) is 11.6 Å². The van der Waals surface area contributed by atoms with Gasteiger partial charge >= 0.3 is 18.9 Å². The van der Waals surface area contributed by atoms with Gasteiger partial charge in [-0.1, -0.05) is 11.6 Å². The van der Waals surface area contributed by atoms with Crippen LogP contribution >= 0.6 is 11.6 Å². The van der Waals surface area contributed by atoms with Crippen LogP contribution in [0, 0.1) is 6.92 Å². The number of carbonyl (C=O) groups excluding carboxylic acids is 1. The minimum atomic E-state index is -1.41. The number of carbonyl (C=O) groups is 1. The summed E-state index contributed by atoms with van der Waals surface area (Å²) in [5.74, 6) is -1.41. The number of carboxylic acid groups (broad SMARTS) is 1. The first-order valence-electron chi connectivity index (χ1n) is 2.81. The van der Waals surface area contributed by atoms with E-state index in [0.717, 1.165) is 0 Å². The maximum atomic E-state index is 10.2. The summed E-state index contributed by atoms with van der Waals surface area (Å²) in [7, 11) is 0. The van der Waals surface area contributed by atoms with Crippen LogP contribution in [-0.4, -0.2) is 15.9 Å². The Balaban J connectivity index is 0.00000121. The van der Waals surface area contributed by atoms with Gasteiger partial charge in [-0.3, -0.25) is 0 Å². The minimum absolute atomic E-state index is 0. The Kier molecular flexibility index (Phi) is 4.25.